The first-order valence-electron chi connectivity index (χ1n) is 4.38. The third-order valence-corrected chi connectivity index (χ3v) is 3.34. The van der Waals surface area contributed by atoms with E-state index in [9.17, 15) is 4.79 Å². The summed E-state index contributed by atoms with van der Waals surface area (Å²) in [6.45, 7) is 1.08. The minimum atomic E-state index is 0. The van der Waals surface area contributed by atoms with Crippen LogP contribution < -0.4 is 10.6 Å². The van der Waals surface area contributed by atoms with Gasteiger partial charge in [-0.1, -0.05) is 0 Å². The van der Waals surface area contributed by atoms with E-state index in [2.05, 4.69) is 32.6 Å². The average Bonchev–Trinajstić information content (AvgIpc) is 2.52. The van der Waals surface area contributed by atoms with E-state index in [-0.39, 0.29) is 18.3 Å². The first kappa shape index (κ1) is 14.9. The Morgan fingerprint density at radius 3 is 2.80 bits per heavy atom. The molecule has 3 nitrogen and oxygen atoms in total. The maximum atomic E-state index is 11.1. The zero-order valence-corrected chi connectivity index (χ0v) is 11.6. The number of nitrogens with one attached hydrogen (secondary N) is 2. The van der Waals surface area contributed by atoms with Crippen molar-refractivity contribution >= 4 is 45.6 Å². The predicted molar refractivity (Wildman–Crippen MR) is 69.9 cm³/mol. The lowest BCUT2D eigenvalue weighted by Crippen LogP contribution is -2.33. The van der Waals surface area contributed by atoms with Gasteiger partial charge in [-0.2, -0.15) is 0 Å². The van der Waals surface area contributed by atoms with Crippen molar-refractivity contribution < 1.29 is 4.79 Å². The number of amides is 1. The molecule has 2 N–H and O–H groups in total. The van der Waals surface area contributed by atoms with Crippen LogP contribution in [-0.4, -0.2) is 26.0 Å². The monoisotopic (exact) mass is 312 g/mol. The molecule has 0 saturated carbocycles. The van der Waals surface area contributed by atoms with Crippen molar-refractivity contribution in [2.45, 2.75) is 6.42 Å². The highest BCUT2D eigenvalue weighted by Crippen LogP contribution is 2.21. The minimum Gasteiger partial charge on any atom is -0.355 e. The highest BCUT2D eigenvalue weighted by atomic mass is 79.9. The van der Waals surface area contributed by atoms with Gasteiger partial charge in [-0.05, 0) is 41.5 Å². The second kappa shape index (κ2) is 8.10. The van der Waals surface area contributed by atoms with Crippen molar-refractivity contribution in [1.82, 2.24) is 10.6 Å². The van der Waals surface area contributed by atoms with Gasteiger partial charge in [-0.15, -0.1) is 23.7 Å². The van der Waals surface area contributed by atoms with Crippen molar-refractivity contribution in [3.05, 3.63) is 20.8 Å². The number of likely N-dealkylation sites (N-methyl/N-ethyl adjacent to an activating group) is 1. The van der Waals surface area contributed by atoms with Gasteiger partial charge in [0.25, 0.3) is 0 Å². The van der Waals surface area contributed by atoms with E-state index < -0.39 is 0 Å². The van der Waals surface area contributed by atoms with Gasteiger partial charge in [0.05, 0.1) is 10.3 Å². The van der Waals surface area contributed by atoms with Crippen LogP contribution in [0.4, 0.5) is 0 Å². The van der Waals surface area contributed by atoms with Crippen LogP contribution in [0.2, 0.25) is 0 Å². The molecule has 0 spiro atoms. The Morgan fingerprint density at radius 1 is 1.53 bits per heavy atom. The van der Waals surface area contributed by atoms with Crippen LogP contribution >= 0.6 is 39.7 Å². The number of thiophene rings is 1. The van der Waals surface area contributed by atoms with Crippen molar-refractivity contribution in [3.63, 3.8) is 0 Å². The Balaban J connectivity index is 0.00000196. The maximum Gasteiger partial charge on any atom is 0.233 e. The standard InChI is InChI=1S/C9H13BrN2OS.ClH/c1-11-6-9(13)12-5-4-7-2-3-8(10)14-7;/h2-3,11H,4-6H2,1H3,(H,12,13);1H. The summed E-state index contributed by atoms with van der Waals surface area (Å²) in [6, 6.07) is 4.09. The van der Waals surface area contributed by atoms with Crippen LogP contribution in [0.15, 0.2) is 15.9 Å². The average molecular weight is 314 g/mol. The predicted octanol–water partition coefficient (Wildman–Crippen LogP) is 1.81. The third-order valence-electron chi connectivity index (χ3n) is 1.66. The lowest BCUT2D eigenvalue weighted by atomic mass is 10.3. The van der Waals surface area contributed by atoms with Gasteiger partial charge in [0.2, 0.25) is 5.91 Å². The number of halogens is 2. The van der Waals surface area contributed by atoms with E-state index in [1.165, 1.54) is 4.88 Å². The molecule has 0 radical (unpaired) electrons. The fourth-order valence-corrected chi connectivity index (χ4v) is 2.52. The second-order valence-electron chi connectivity index (χ2n) is 2.84. The minimum absolute atomic E-state index is 0. The fraction of sp³-hybridized carbons (Fsp3) is 0.444. The van der Waals surface area contributed by atoms with Gasteiger partial charge in [0.1, 0.15) is 0 Å². The summed E-state index contributed by atoms with van der Waals surface area (Å²) in [7, 11) is 1.76. The maximum absolute atomic E-state index is 11.1. The highest BCUT2D eigenvalue weighted by Gasteiger charge is 2.00. The summed E-state index contributed by atoms with van der Waals surface area (Å²) in [6.07, 6.45) is 0.895. The normalized spacial score (nSPS) is 9.47. The molecule has 15 heavy (non-hydrogen) atoms. The summed E-state index contributed by atoms with van der Waals surface area (Å²) < 4.78 is 1.13. The van der Waals surface area contributed by atoms with Crippen molar-refractivity contribution in [2.75, 3.05) is 20.1 Å². The number of rotatable bonds is 5. The molecule has 6 heteroatoms. The highest BCUT2D eigenvalue weighted by molar-refractivity contribution is 9.11. The van der Waals surface area contributed by atoms with E-state index in [1.807, 2.05) is 6.07 Å². The largest absolute Gasteiger partial charge is 0.355 e. The molecule has 0 bridgehead atoms. The Labute approximate surface area is 108 Å². The van der Waals surface area contributed by atoms with E-state index in [0.717, 1.165) is 10.2 Å². The van der Waals surface area contributed by atoms with Gasteiger partial charge in [-0.25, -0.2) is 0 Å². The number of hydrogen-bond acceptors (Lipinski definition) is 3. The van der Waals surface area contributed by atoms with Gasteiger partial charge in [0, 0.05) is 11.4 Å². The molecule has 1 aromatic heterocycles. The molecule has 1 rings (SSSR count). The van der Waals surface area contributed by atoms with Crippen molar-refractivity contribution in [3.8, 4) is 0 Å². The van der Waals surface area contributed by atoms with Gasteiger partial charge < -0.3 is 10.6 Å². The SMILES string of the molecule is CNCC(=O)NCCc1ccc(Br)s1.Cl. The zero-order valence-electron chi connectivity index (χ0n) is 8.38. The molecule has 0 aliphatic carbocycles. The summed E-state index contributed by atoms with van der Waals surface area (Å²) >= 11 is 5.10. The zero-order chi connectivity index (χ0) is 10.4. The molecule has 1 amide bonds. The summed E-state index contributed by atoms with van der Waals surface area (Å²) in [5.74, 6) is 0.0446. The van der Waals surface area contributed by atoms with E-state index in [0.29, 0.717) is 13.1 Å². The molecule has 1 aromatic rings. The molecule has 0 unspecified atom stereocenters. The molecule has 0 aliphatic heterocycles. The van der Waals surface area contributed by atoms with Crippen molar-refractivity contribution in [1.29, 1.82) is 0 Å². The quantitative estimate of drug-likeness (QED) is 0.870. The number of hydrogen-bond donors (Lipinski definition) is 2. The Kier molecular flexibility index (Phi) is 8.04. The van der Waals surface area contributed by atoms with E-state index in [1.54, 1.807) is 18.4 Å². The Bertz CT molecular complexity index is 306. The first-order chi connectivity index (χ1) is 6.72. The van der Waals surface area contributed by atoms with E-state index in [4.69, 9.17) is 0 Å². The molecule has 0 aromatic carbocycles. The van der Waals surface area contributed by atoms with Crippen molar-refractivity contribution in [2.24, 2.45) is 0 Å². The van der Waals surface area contributed by atoms with Gasteiger partial charge in [-0.3, -0.25) is 4.79 Å². The molecule has 0 aliphatic rings. The van der Waals surface area contributed by atoms with Crippen LogP contribution in [-0.2, 0) is 11.2 Å². The van der Waals surface area contributed by atoms with Crippen LogP contribution in [0.25, 0.3) is 0 Å². The molecule has 0 atom stereocenters. The Hall–Kier alpha value is -0.100. The topological polar surface area (TPSA) is 41.1 Å². The fourth-order valence-electron chi connectivity index (χ4n) is 1.03. The summed E-state index contributed by atoms with van der Waals surface area (Å²) in [5.41, 5.74) is 0. The first-order valence-corrected chi connectivity index (χ1v) is 5.99. The van der Waals surface area contributed by atoms with Gasteiger partial charge >= 0.3 is 0 Å². The molecule has 0 fully saturated rings. The molecular formula is C9H14BrClN2OS. The summed E-state index contributed by atoms with van der Waals surface area (Å²) in [4.78, 5) is 12.3. The van der Waals surface area contributed by atoms with Gasteiger partial charge in [0.15, 0.2) is 0 Å². The number of carbonyl (C=O) groups excluding carboxylic acids is 1. The van der Waals surface area contributed by atoms with Crippen LogP contribution in [0.3, 0.4) is 0 Å². The smallest absolute Gasteiger partial charge is 0.233 e. The van der Waals surface area contributed by atoms with Crippen LogP contribution in [0, 0.1) is 0 Å². The van der Waals surface area contributed by atoms with Crippen LogP contribution in [0.5, 0.6) is 0 Å². The summed E-state index contributed by atoms with van der Waals surface area (Å²) in [5, 5.41) is 5.63. The molecule has 86 valence electrons. The van der Waals surface area contributed by atoms with E-state index >= 15 is 0 Å². The molecule has 1 heterocycles. The second-order valence-corrected chi connectivity index (χ2v) is 5.38. The number of carbonyl (C=O) groups is 1. The lowest BCUT2D eigenvalue weighted by Gasteiger charge is -2.02. The molecule has 0 saturated heterocycles. The van der Waals surface area contributed by atoms with Crippen LogP contribution in [0.1, 0.15) is 4.88 Å². The molecular weight excluding hydrogens is 300 g/mol. The lowest BCUT2D eigenvalue weighted by molar-refractivity contribution is -0.120. The Morgan fingerprint density at radius 2 is 2.27 bits per heavy atom. The third kappa shape index (κ3) is 6.14.